The average molecular weight is 334 g/mol. The van der Waals surface area contributed by atoms with Gasteiger partial charge in [0.05, 0.1) is 22.7 Å². The van der Waals surface area contributed by atoms with Crippen molar-refractivity contribution in [2.45, 2.75) is 4.90 Å². The summed E-state index contributed by atoms with van der Waals surface area (Å²) in [5, 5.41) is 8.90. The second-order valence-corrected chi connectivity index (χ2v) is 7.08. The second kappa shape index (κ2) is 6.29. The van der Waals surface area contributed by atoms with Crippen molar-refractivity contribution in [2.24, 2.45) is 0 Å². The van der Waals surface area contributed by atoms with Gasteiger partial charge in [-0.25, -0.2) is 8.42 Å². The van der Waals surface area contributed by atoms with Crippen LogP contribution in [0.1, 0.15) is 0 Å². The van der Waals surface area contributed by atoms with Gasteiger partial charge < -0.3 is 0 Å². The minimum absolute atomic E-state index is 0.0281. The van der Waals surface area contributed by atoms with Crippen molar-refractivity contribution in [3.8, 4) is 6.07 Å². The maximum absolute atomic E-state index is 12.5. The molecule has 0 unspecified atom stereocenters. The lowest BCUT2D eigenvalue weighted by molar-refractivity contribution is 0.206. The van der Waals surface area contributed by atoms with E-state index in [1.165, 1.54) is 10.4 Å². The molecule has 1 aliphatic rings. The average Bonchev–Trinajstić information content (AvgIpc) is 2.42. The minimum Gasteiger partial charge on any atom is -0.288 e. The van der Waals surface area contributed by atoms with E-state index in [4.69, 9.17) is 28.5 Å². The van der Waals surface area contributed by atoms with E-state index in [0.717, 1.165) is 0 Å². The van der Waals surface area contributed by atoms with Crippen LogP contribution in [0.3, 0.4) is 0 Å². The quantitative estimate of drug-likeness (QED) is 0.791. The van der Waals surface area contributed by atoms with Crippen LogP contribution in [0.4, 0.5) is 0 Å². The number of sulfonamides is 1. The molecule has 0 N–H and O–H groups in total. The monoisotopic (exact) mass is 333 g/mol. The second-order valence-electron chi connectivity index (χ2n) is 4.39. The van der Waals surface area contributed by atoms with Gasteiger partial charge in [0.1, 0.15) is 4.90 Å². The Hall–Kier alpha value is -0.840. The highest BCUT2D eigenvalue weighted by molar-refractivity contribution is 7.89. The third-order valence-corrected chi connectivity index (χ3v) is 6.03. The Morgan fingerprint density at radius 3 is 2.45 bits per heavy atom. The van der Waals surface area contributed by atoms with Crippen LogP contribution < -0.4 is 0 Å². The van der Waals surface area contributed by atoms with Crippen LogP contribution in [0, 0.1) is 11.3 Å². The molecule has 108 valence electrons. The lowest BCUT2D eigenvalue weighted by Gasteiger charge is -2.32. The highest BCUT2D eigenvalue weighted by Crippen LogP contribution is 2.31. The highest BCUT2D eigenvalue weighted by Gasteiger charge is 2.30. The molecule has 8 heteroatoms. The topological polar surface area (TPSA) is 64.4 Å². The van der Waals surface area contributed by atoms with Gasteiger partial charge in [-0.15, -0.1) is 0 Å². The van der Waals surface area contributed by atoms with Gasteiger partial charge in [0.15, 0.2) is 0 Å². The number of rotatable bonds is 3. The van der Waals surface area contributed by atoms with Gasteiger partial charge in [0.25, 0.3) is 0 Å². The van der Waals surface area contributed by atoms with E-state index >= 15 is 0 Å². The first-order valence-electron chi connectivity index (χ1n) is 6.00. The molecular formula is C12H13Cl2N3O2S. The Kier molecular flexibility index (Phi) is 4.89. The smallest absolute Gasteiger partial charge is 0.244 e. The molecule has 0 saturated carbocycles. The van der Waals surface area contributed by atoms with E-state index in [-0.39, 0.29) is 14.9 Å². The summed E-state index contributed by atoms with van der Waals surface area (Å²) >= 11 is 11.8. The zero-order valence-corrected chi connectivity index (χ0v) is 12.9. The van der Waals surface area contributed by atoms with Gasteiger partial charge in [0, 0.05) is 26.2 Å². The molecule has 1 aromatic rings. The third-order valence-electron chi connectivity index (χ3n) is 3.16. The molecule has 0 bridgehead atoms. The molecule has 1 aliphatic heterocycles. The van der Waals surface area contributed by atoms with Crippen molar-refractivity contribution < 1.29 is 8.42 Å². The van der Waals surface area contributed by atoms with Crippen LogP contribution in [-0.4, -0.2) is 50.3 Å². The number of hydrogen-bond acceptors (Lipinski definition) is 4. The summed E-state index contributed by atoms with van der Waals surface area (Å²) in [4.78, 5) is 1.94. The SMILES string of the molecule is N#CCN1CCN(S(=O)(=O)c2cccc(Cl)c2Cl)CC1. The third kappa shape index (κ3) is 3.08. The predicted molar refractivity (Wildman–Crippen MR) is 77.3 cm³/mol. The normalized spacial score (nSPS) is 17.9. The number of nitrogens with zero attached hydrogens (tertiary/aromatic N) is 3. The van der Waals surface area contributed by atoms with Crippen LogP contribution in [0.2, 0.25) is 10.0 Å². The summed E-state index contributed by atoms with van der Waals surface area (Å²) in [5.41, 5.74) is 0. The van der Waals surface area contributed by atoms with E-state index in [2.05, 4.69) is 6.07 Å². The largest absolute Gasteiger partial charge is 0.288 e. The van der Waals surface area contributed by atoms with E-state index in [1.807, 2.05) is 4.90 Å². The lowest BCUT2D eigenvalue weighted by atomic mass is 10.4. The number of benzene rings is 1. The molecular weight excluding hydrogens is 321 g/mol. The van der Waals surface area contributed by atoms with Crippen LogP contribution in [0.15, 0.2) is 23.1 Å². The standard InChI is InChI=1S/C12H13Cl2N3O2S/c13-10-2-1-3-11(12(10)14)20(18,19)17-8-6-16(5-4-15)7-9-17/h1-3H,5-9H2. The van der Waals surface area contributed by atoms with Gasteiger partial charge >= 0.3 is 0 Å². The van der Waals surface area contributed by atoms with Gasteiger partial charge in [-0.2, -0.15) is 9.57 Å². The molecule has 5 nitrogen and oxygen atoms in total. The predicted octanol–water partition coefficient (Wildman–Crippen LogP) is 1.82. The zero-order chi connectivity index (χ0) is 14.8. The van der Waals surface area contributed by atoms with E-state index in [9.17, 15) is 8.42 Å². The maximum atomic E-state index is 12.5. The van der Waals surface area contributed by atoms with E-state index in [0.29, 0.717) is 32.7 Å². The van der Waals surface area contributed by atoms with Crippen LogP contribution in [0.25, 0.3) is 0 Å². The Balaban J connectivity index is 2.20. The van der Waals surface area contributed by atoms with Crippen molar-refractivity contribution in [3.05, 3.63) is 28.2 Å². The number of hydrogen-bond donors (Lipinski definition) is 0. The molecule has 2 rings (SSSR count). The number of nitriles is 1. The van der Waals surface area contributed by atoms with Crippen molar-refractivity contribution in [1.29, 1.82) is 5.26 Å². The zero-order valence-electron chi connectivity index (χ0n) is 10.6. The summed E-state index contributed by atoms with van der Waals surface area (Å²) in [6.45, 7) is 2.06. The van der Waals surface area contributed by atoms with Gasteiger partial charge in [-0.3, -0.25) is 4.90 Å². The fourth-order valence-electron chi connectivity index (χ4n) is 2.05. The molecule has 1 heterocycles. The van der Waals surface area contributed by atoms with Crippen molar-refractivity contribution in [3.63, 3.8) is 0 Å². The van der Waals surface area contributed by atoms with E-state index in [1.54, 1.807) is 12.1 Å². The number of piperazine rings is 1. The Morgan fingerprint density at radius 2 is 1.85 bits per heavy atom. The molecule has 1 saturated heterocycles. The Labute approximate surface area is 128 Å². The first-order valence-corrected chi connectivity index (χ1v) is 8.20. The molecule has 0 atom stereocenters. The van der Waals surface area contributed by atoms with Gasteiger partial charge in [0.2, 0.25) is 10.0 Å². The van der Waals surface area contributed by atoms with Crippen molar-refractivity contribution in [1.82, 2.24) is 9.21 Å². The van der Waals surface area contributed by atoms with Crippen LogP contribution >= 0.6 is 23.2 Å². The summed E-state index contributed by atoms with van der Waals surface area (Å²) in [6.07, 6.45) is 0. The van der Waals surface area contributed by atoms with E-state index < -0.39 is 10.0 Å². The van der Waals surface area contributed by atoms with Gasteiger partial charge in [-0.05, 0) is 12.1 Å². The molecule has 1 fully saturated rings. The highest BCUT2D eigenvalue weighted by atomic mass is 35.5. The molecule has 0 spiro atoms. The van der Waals surface area contributed by atoms with Gasteiger partial charge in [-0.1, -0.05) is 29.3 Å². The summed E-state index contributed by atoms with van der Waals surface area (Å²) in [7, 11) is -3.65. The summed E-state index contributed by atoms with van der Waals surface area (Å²) < 4.78 is 26.4. The molecule has 20 heavy (non-hydrogen) atoms. The summed E-state index contributed by atoms with van der Waals surface area (Å²) in [5.74, 6) is 0. The molecule has 0 radical (unpaired) electrons. The summed E-state index contributed by atoms with van der Waals surface area (Å²) in [6, 6.07) is 6.62. The fourth-order valence-corrected chi connectivity index (χ4v) is 4.21. The fraction of sp³-hybridized carbons (Fsp3) is 0.417. The van der Waals surface area contributed by atoms with Crippen LogP contribution in [-0.2, 0) is 10.0 Å². The van der Waals surface area contributed by atoms with Crippen LogP contribution in [0.5, 0.6) is 0 Å². The minimum atomic E-state index is -3.65. The molecule has 1 aromatic carbocycles. The first kappa shape index (κ1) is 15.5. The molecule has 0 amide bonds. The maximum Gasteiger partial charge on any atom is 0.244 e. The van der Waals surface area contributed by atoms with Crippen molar-refractivity contribution in [2.75, 3.05) is 32.7 Å². The molecule has 0 aliphatic carbocycles. The number of halogens is 2. The first-order chi connectivity index (χ1) is 9.46. The Morgan fingerprint density at radius 1 is 1.20 bits per heavy atom. The van der Waals surface area contributed by atoms with Crippen molar-refractivity contribution >= 4 is 33.2 Å². The lowest BCUT2D eigenvalue weighted by Crippen LogP contribution is -2.48. The Bertz CT molecular complexity index is 635. The molecule has 0 aromatic heterocycles.